The summed E-state index contributed by atoms with van der Waals surface area (Å²) < 4.78 is 4.90. The summed E-state index contributed by atoms with van der Waals surface area (Å²) in [5.74, 6) is -1.21. The molecule has 0 bridgehead atoms. The van der Waals surface area contributed by atoms with Crippen LogP contribution in [-0.2, 0) is 20.7 Å². The third-order valence-electron chi connectivity index (χ3n) is 2.39. The maximum atomic E-state index is 11.6. The molecular formula is C10H11NO3S. The Morgan fingerprint density at radius 3 is 3.20 bits per heavy atom. The number of Topliss-reactive ketones (excluding diaryl/α,β-unsaturated/α-hetero) is 1. The number of hydrogen-bond acceptors (Lipinski definition) is 5. The molecule has 1 atom stereocenters. The Labute approximate surface area is 91.3 Å². The molecule has 1 heterocycles. The molecule has 2 rings (SSSR count). The average molecular weight is 225 g/mol. The van der Waals surface area contributed by atoms with Gasteiger partial charge in [0.25, 0.3) is 0 Å². The van der Waals surface area contributed by atoms with Gasteiger partial charge in [-0.25, -0.2) is 4.98 Å². The smallest absolute Gasteiger partial charge is 0.321 e. The normalized spacial score (nSPS) is 19.8. The van der Waals surface area contributed by atoms with Crippen molar-refractivity contribution in [1.82, 2.24) is 4.98 Å². The summed E-state index contributed by atoms with van der Waals surface area (Å²) in [6.45, 7) is 2.04. The lowest BCUT2D eigenvalue weighted by atomic mass is 9.90. The molecule has 0 radical (unpaired) electrons. The number of ether oxygens (including phenoxy) is 1. The fourth-order valence-corrected chi connectivity index (χ4v) is 2.65. The Morgan fingerprint density at radius 2 is 2.47 bits per heavy atom. The predicted molar refractivity (Wildman–Crippen MR) is 54.8 cm³/mol. The number of rotatable bonds is 2. The van der Waals surface area contributed by atoms with Crippen molar-refractivity contribution in [2.75, 3.05) is 6.61 Å². The zero-order valence-electron chi connectivity index (χ0n) is 8.36. The van der Waals surface area contributed by atoms with Crippen LogP contribution in [0.5, 0.6) is 0 Å². The molecule has 0 aromatic carbocycles. The maximum Gasteiger partial charge on any atom is 0.321 e. The number of hydrogen-bond donors (Lipinski definition) is 0. The van der Waals surface area contributed by atoms with Crippen LogP contribution in [0.15, 0.2) is 5.51 Å². The summed E-state index contributed by atoms with van der Waals surface area (Å²) in [5.41, 5.74) is 2.55. The Morgan fingerprint density at radius 1 is 1.67 bits per heavy atom. The highest BCUT2D eigenvalue weighted by atomic mass is 32.1. The van der Waals surface area contributed by atoms with E-state index in [2.05, 4.69) is 4.98 Å². The monoisotopic (exact) mass is 225 g/mol. The van der Waals surface area contributed by atoms with Gasteiger partial charge in [0.1, 0.15) is 0 Å². The SMILES string of the molecule is CCOC(=O)[C@@H]1C(=O)CCc2ncsc21. The van der Waals surface area contributed by atoms with Gasteiger partial charge in [-0.2, -0.15) is 0 Å². The zero-order valence-corrected chi connectivity index (χ0v) is 9.17. The molecule has 0 saturated heterocycles. The minimum Gasteiger partial charge on any atom is -0.465 e. The number of nitrogens with zero attached hydrogens (tertiary/aromatic N) is 1. The number of carbonyl (C=O) groups excluding carboxylic acids is 2. The minimum atomic E-state index is -0.721. The molecule has 0 amide bonds. The topological polar surface area (TPSA) is 56.3 Å². The Hall–Kier alpha value is -1.23. The van der Waals surface area contributed by atoms with Crippen LogP contribution in [0.25, 0.3) is 0 Å². The Balaban J connectivity index is 2.31. The van der Waals surface area contributed by atoms with E-state index in [4.69, 9.17) is 4.74 Å². The standard InChI is InChI=1S/C10H11NO3S/c1-2-14-10(13)8-7(12)4-3-6-9(8)15-5-11-6/h5,8H,2-4H2,1H3/t8-/m1/s1. The summed E-state index contributed by atoms with van der Waals surface area (Å²) in [6.07, 6.45) is 1.04. The van der Waals surface area contributed by atoms with E-state index in [9.17, 15) is 9.59 Å². The van der Waals surface area contributed by atoms with Crippen LogP contribution in [0, 0.1) is 0 Å². The van der Waals surface area contributed by atoms with E-state index in [0.29, 0.717) is 19.4 Å². The number of aromatic nitrogens is 1. The van der Waals surface area contributed by atoms with Crippen molar-refractivity contribution in [3.8, 4) is 0 Å². The van der Waals surface area contributed by atoms with E-state index in [1.807, 2.05) is 0 Å². The number of aryl methyl sites for hydroxylation is 1. The fourth-order valence-electron chi connectivity index (χ4n) is 1.70. The highest BCUT2D eigenvalue weighted by Gasteiger charge is 2.36. The highest BCUT2D eigenvalue weighted by molar-refractivity contribution is 7.10. The van der Waals surface area contributed by atoms with E-state index in [1.54, 1.807) is 12.4 Å². The summed E-state index contributed by atoms with van der Waals surface area (Å²) >= 11 is 1.36. The number of thiazole rings is 1. The molecule has 0 spiro atoms. The van der Waals surface area contributed by atoms with Crippen molar-refractivity contribution in [2.45, 2.75) is 25.7 Å². The van der Waals surface area contributed by atoms with Crippen molar-refractivity contribution < 1.29 is 14.3 Å². The maximum absolute atomic E-state index is 11.6. The Bertz CT molecular complexity index is 399. The number of esters is 1. The van der Waals surface area contributed by atoms with Gasteiger partial charge < -0.3 is 4.74 Å². The molecule has 0 aliphatic heterocycles. The molecule has 4 nitrogen and oxygen atoms in total. The van der Waals surface area contributed by atoms with E-state index in [0.717, 1.165) is 10.6 Å². The van der Waals surface area contributed by atoms with E-state index >= 15 is 0 Å². The summed E-state index contributed by atoms with van der Waals surface area (Å²) in [4.78, 5) is 28.2. The van der Waals surface area contributed by atoms with E-state index < -0.39 is 11.9 Å². The largest absolute Gasteiger partial charge is 0.465 e. The van der Waals surface area contributed by atoms with Crippen LogP contribution in [0.1, 0.15) is 29.8 Å². The molecule has 1 aliphatic rings. The molecule has 0 saturated carbocycles. The van der Waals surface area contributed by atoms with Crippen molar-refractivity contribution in [2.24, 2.45) is 0 Å². The fraction of sp³-hybridized carbons (Fsp3) is 0.500. The quantitative estimate of drug-likeness (QED) is 0.562. The molecule has 1 aromatic heterocycles. The number of ketones is 1. The third kappa shape index (κ3) is 1.79. The second-order valence-electron chi connectivity index (χ2n) is 3.31. The van der Waals surface area contributed by atoms with Crippen LogP contribution in [0.4, 0.5) is 0 Å². The minimum absolute atomic E-state index is 0.0507. The van der Waals surface area contributed by atoms with Gasteiger partial charge in [-0.3, -0.25) is 9.59 Å². The first-order chi connectivity index (χ1) is 7.24. The van der Waals surface area contributed by atoms with E-state index in [-0.39, 0.29) is 5.78 Å². The Kier molecular flexibility index (Phi) is 2.81. The molecule has 5 heteroatoms. The third-order valence-corrected chi connectivity index (χ3v) is 3.32. The van der Waals surface area contributed by atoms with Gasteiger partial charge in [-0.1, -0.05) is 0 Å². The molecule has 0 unspecified atom stereocenters. The van der Waals surface area contributed by atoms with Crippen LogP contribution in [0.3, 0.4) is 0 Å². The van der Waals surface area contributed by atoms with Gasteiger partial charge in [-0.05, 0) is 13.3 Å². The zero-order chi connectivity index (χ0) is 10.8. The first-order valence-electron chi connectivity index (χ1n) is 4.85. The van der Waals surface area contributed by atoms with Gasteiger partial charge in [-0.15, -0.1) is 11.3 Å². The van der Waals surface area contributed by atoms with Gasteiger partial charge >= 0.3 is 5.97 Å². The van der Waals surface area contributed by atoms with Gasteiger partial charge in [0.15, 0.2) is 11.7 Å². The van der Waals surface area contributed by atoms with Crippen molar-refractivity contribution in [1.29, 1.82) is 0 Å². The first kappa shape index (κ1) is 10.3. The lowest BCUT2D eigenvalue weighted by Gasteiger charge is -2.18. The molecule has 80 valence electrons. The molecule has 15 heavy (non-hydrogen) atoms. The summed E-state index contributed by atoms with van der Waals surface area (Å²) in [6, 6.07) is 0. The van der Waals surface area contributed by atoms with Gasteiger partial charge in [0.2, 0.25) is 0 Å². The lowest BCUT2D eigenvalue weighted by Crippen LogP contribution is -2.28. The van der Waals surface area contributed by atoms with Crippen molar-refractivity contribution >= 4 is 23.1 Å². The van der Waals surface area contributed by atoms with Crippen LogP contribution < -0.4 is 0 Å². The van der Waals surface area contributed by atoms with Crippen molar-refractivity contribution in [3.05, 3.63) is 16.1 Å². The lowest BCUT2D eigenvalue weighted by molar-refractivity contribution is -0.148. The molecule has 0 fully saturated rings. The highest BCUT2D eigenvalue weighted by Crippen LogP contribution is 2.32. The van der Waals surface area contributed by atoms with Gasteiger partial charge in [0, 0.05) is 11.3 Å². The van der Waals surface area contributed by atoms with Crippen LogP contribution >= 0.6 is 11.3 Å². The van der Waals surface area contributed by atoms with Gasteiger partial charge in [0.05, 0.1) is 17.8 Å². The van der Waals surface area contributed by atoms with Crippen molar-refractivity contribution in [3.63, 3.8) is 0 Å². The molecule has 1 aliphatic carbocycles. The second kappa shape index (κ2) is 4.10. The molecule has 1 aromatic rings. The molecular weight excluding hydrogens is 214 g/mol. The molecule has 0 N–H and O–H groups in total. The average Bonchev–Trinajstić information content (AvgIpc) is 2.65. The van der Waals surface area contributed by atoms with Crippen LogP contribution in [0.2, 0.25) is 0 Å². The summed E-state index contributed by atoms with van der Waals surface area (Å²) in [5, 5.41) is 0. The van der Waals surface area contributed by atoms with Crippen LogP contribution in [-0.4, -0.2) is 23.3 Å². The summed E-state index contributed by atoms with van der Waals surface area (Å²) in [7, 11) is 0. The number of fused-ring (bicyclic) bond motifs is 1. The number of carbonyl (C=O) groups is 2. The first-order valence-corrected chi connectivity index (χ1v) is 5.73. The van der Waals surface area contributed by atoms with E-state index in [1.165, 1.54) is 11.3 Å². The second-order valence-corrected chi connectivity index (χ2v) is 4.20. The predicted octanol–water partition coefficient (Wildman–Crippen LogP) is 1.31.